The molecule has 2 aliphatic heterocycles. The van der Waals surface area contributed by atoms with Crippen molar-refractivity contribution in [3.63, 3.8) is 0 Å². The smallest absolute Gasteiger partial charge is 0.331 e. The lowest BCUT2D eigenvalue weighted by Gasteiger charge is -2.43. The molecule has 0 saturated carbocycles. The minimum absolute atomic E-state index is 0.0972. The maximum Gasteiger partial charge on any atom is 0.331 e. The Morgan fingerprint density at radius 1 is 1.15 bits per heavy atom. The molecule has 0 radical (unpaired) electrons. The third-order valence-electron chi connectivity index (χ3n) is 7.27. The number of hydrogen-bond donors (Lipinski definition) is 4. The molecule has 2 amide bonds. The standard InChI is InChI=1S/C22H29N7O3S/c23-15-9-28(10-15)16-11-29-21(32-12-16)19(8-25-29)33(24,31)27-22(30)26-20-17-5-1-3-13(17)7-14-4-2-6-18(14)20/h7-8,15-16H,1-6,9-12,23H2,(H3,24,26,27,30,31). The van der Waals surface area contributed by atoms with Crippen molar-refractivity contribution < 1.29 is 13.7 Å². The van der Waals surface area contributed by atoms with Crippen LogP contribution in [0.4, 0.5) is 10.5 Å². The number of benzene rings is 1. The summed E-state index contributed by atoms with van der Waals surface area (Å²) in [5, 5.41) is 7.23. The maximum atomic E-state index is 13.2. The molecule has 6 rings (SSSR count). The second-order valence-electron chi connectivity index (χ2n) is 9.52. The molecule has 2 unspecified atom stereocenters. The van der Waals surface area contributed by atoms with Crippen molar-refractivity contribution in [2.75, 3.05) is 25.0 Å². The van der Waals surface area contributed by atoms with Crippen LogP contribution < -0.4 is 20.5 Å². The highest BCUT2D eigenvalue weighted by Crippen LogP contribution is 2.38. The molecule has 2 atom stereocenters. The first-order valence-electron chi connectivity index (χ1n) is 11.6. The molecule has 2 aromatic rings. The summed E-state index contributed by atoms with van der Waals surface area (Å²) in [6, 6.07) is 2.00. The van der Waals surface area contributed by atoms with Gasteiger partial charge in [0.2, 0.25) is 5.88 Å². The number of amides is 2. The number of carbonyl (C=O) groups is 1. The van der Waals surface area contributed by atoms with Crippen LogP contribution in [0, 0.1) is 4.78 Å². The Morgan fingerprint density at radius 3 is 2.52 bits per heavy atom. The Labute approximate surface area is 192 Å². The van der Waals surface area contributed by atoms with Crippen molar-refractivity contribution in [2.45, 2.75) is 62.0 Å². The molecule has 11 heteroatoms. The van der Waals surface area contributed by atoms with Gasteiger partial charge in [-0.2, -0.15) is 5.10 Å². The van der Waals surface area contributed by atoms with E-state index in [2.05, 4.69) is 26.1 Å². The normalized spacial score (nSPS) is 23.6. The Kier molecular flexibility index (Phi) is 4.89. The number of aryl methyl sites for hydroxylation is 2. The van der Waals surface area contributed by atoms with Gasteiger partial charge in [0.1, 0.15) is 11.5 Å². The number of hydrogen-bond acceptors (Lipinski definition) is 7. The number of nitrogens with zero attached hydrogens (tertiary/aromatic N) is 3. The van der Waals surface area contributed by atoms with Crippen molar-refractivity contribution in [3.05, 3.63) is 34.5 Å². The summed E-state index contributed by atoms with van der Waals surface area (Å²) in [6.07, 6.45) is 7.44. The monoisotopic (exact) mass is 471 g/mol. The molecule has 1 aromatic carbocycles. The Hall–Kier alpha value is -2.63. The lowest BCUT2D eigenvalue weighted by Crippen LogP contribution is -2.62. The summed E-state index contributed by atoms with van der Waals surface area (Å²) in [4.78, 5) is 15.2. The van der Waals surface area contributed by atoms with Gasteiger partial charge in [0, 0.05) is 24.8 Å². The predicted molar refractivity (Wildman–Crippen MR) is 123 cm³/mol. The molecule has 4 aliphatic rings. The first kappa shape index (κ1) is 20.9. The van der Waals surface area contributed by atoms with E-state index >= 15 is 0 Å². The van der Waals surface area contributed by atoms with Crippen molar-refractivity contribution >= 4 is 21.6 Å². The number of likely N-dealkylation sites (tertiary alicyclic amines) is 1. The Bertz CT molecular complexity index is 1200. The fourth-order valence-corrected chi connectivity index (χ4v) is 6.64. The molecule has 1 fully saturated rings. The van der Waals surface area contributed by atoms with Gasteiger partial charge in [-0.3, -0.25) is 4.90 Å². The summed E-state index contributed by atoms with van der Waals surface area (Å²) in [5.41, 5.74) is 11.7. The highest BCUT2D eigenvalue weighted by molar-refractivity contribution is 7.91. The summed E-state index contributed by atoms with van der Waals surface area (Å²) in [7, 11) is -3.65. The molecule has 1 saturated heterocycles. The Balaban J connectivity index is 1.19. The molecule has 10 nitrogen and oxygen atoms in total. The lowest BCUT2D eigenvalue weighted by atomic mass is 9.99. The minimum atomic E-state index is -3.65. The van der Waals surface area contributed by atoms with E-state index in [0.29, 0.717) is 13.2 Å². The van der Waals surface area contributed by atoms with Crippen LogP contribution in [-0.4, -0.2) is 56.7 Å². The van der Waals surface area contributed by atoms with E-state index < -0.39 is 15.9 Å². The number of nitrogens with two attached hydrogens (primary N) is 1. The van der Waals surface area contributed by atoms with Crippen molar-refractivity contribution in [1.82, 2.24) is 19.4 Å². The van der Waals surface area contributed by atoms with Crippen LogP contribution in [0.3, 0.4) is 0 Å². The van der Waals surface area contributed by atoms with Gasteiger partial charge < -0.3 is 15.8 Å². The third kappa shape index (κ3) is 3.58. The van der Waals surface area contributed by atoms with Crippen LogP contribution in [0.25, 0.3) is 0 Å². The zero-order valence-corrected chi connectivity index (χ0v) is 19.2. The van der Waals surface area contributed by atoms with Gasteiger partial charge in [0.15, 0.2) is 9.92 Å². The van der Waals surface area contributed by atoms with Crippen molar-refractivity contribution in [1.29, 1.82) is 4.78 Å². The number of urea groups is 1. The van der Waals surface area contributed by atoms with Gasteiger partial charge in [-0.15, -0.1) is 0 Å². The molecular weight excluding hydrogens is 442 g/mol. The lowest BCUT2D eigenvalue weighted by molar-refractivity contribution is 0.0290. The molecule has 0 bridgehead atoms. The van der Waals surface area contributed by atoms with Crippen LogP contribution in [0.1, 0.15) is 35.1 Å². The summed E-state index contributed by atoms with van der Waals surface area (Å²) in [6.45, 7) is 2.63. The summed E-state index contributed by atoms with van der Waals surface area (Å²) < 4.78 is 31.5. The molecule has 1 aromatic heterocycles. The Morgan fingerprint density at radius 2 is 1.85 bits per heavy atom. The molecule has 33 heavy (non-hydrogen) atoms. The number of ether oxygens (including phenoxy) is 1. The molecule has 5 N–H and O–H groups in total. The fraction of sp³-hybridized carbons (Fsp3) is 0.545. The van der Waals surface area contributed by atoms with Crippen LogP contribution in [-0.2, 0) is 42.1 Å². The highest BCUT2D eigenvalue weighted by Gasteiger charge is 2.36. The van der Waals surface area contributed by atoms with E-state index in [1.54, 1.807) is 4.68 Å². The fourth-order valence-electron chi connectivity index (χ4n) is 5.62. The van der Waals surface area contributed by atoms with E-state index in [9.17, 15) is 9.00 Å². The number of anilines is 1. The number of aromatic nitrogens is 2. The average molecular weight is 472 g/mol. The topological polar surface area (TPSA) is 138 Å². The van der Waals surface area contributed by atoms with Crippen LogP contribution in [0.2, 0.25) is 0 Å². The van der Waals surface area contributed by atoms with Gasteiger partial charge in [0.05, 0.1) is 18.8 Å². The zero-order chi connectivity index (χ0) is 22.7. The van der Waals surface area contributed by atoms with E-state index in [4.69, 9.17) is 15.3 Å². The average Bonchev–Trinajstić information content (AvgIpc) is 3.49. The molecular formula is C22H29N7O3S. The number of fused-ring (bicyclic) bond motifs is 3. The summed E-state index contributed by atoms with van der Waals surface area (Å²) >= 11 is 0. The minimum Gasteiger partial charge on any atom is -0.475 e. The van der Waals surface area contributed by atoms with Gasteiger partial charge in [-0.05, 0) is 60.8 Å². The van der Waals surface area contributed by atoms with Crippen molar-refractivity contribution in [3.8, 4) is 5.88 Å². The van der Waals surface area contributed by atoms with E-state index in [0.717, 1.165) is 57.3 Å². The molecule has 176 valence electrons. The van der Waals surface area contributed by atoms with Crippen LogP contribution in [0.5, 0.6) is 5.88 Å². The zero-order valence-electron chi connectivity index (χ0n) is 18.4. The molecule has 3 heterocycles. The number of nitrogens with one attached hydrogen (secondary N) is 3. The number of carbonyl (C=O) groups excluding carboxylic acids is 1. The SMILES string of the molecule is N=S(=O)(NC(=O)Nc1c2c(cc3c1CCC3)CCC2)c1cnn2c1OCC(N1CC(N)C1)C2. The van der Waals surface area contributed by atoms with E-state index in [1.807, 2.05) is 0 Å². The van der Waals surface area contributed by atoms with Gasteiger partial charge in [-0.25, -0.2) is 23.2 Å². The first-order valence-corrected chi connectivity index (χ1v) is 13.2. The van der Waals surface area contributed by atoms with E-state index in [1.165, 1.54) is 28.5 Å². The number of rotatable bonds is 4. The van der Waals surface area contributed by atoms with Gasteiger partial charge in [0.25, 0.3) is 0 Å². The molecule has 0 spiro atoms. The third-order valence-corrected chi connectivity index (χ3v) is 8.64. The van der Waals surface area contributed by atoms with Crippen molar-refractivity contribution in [2.24, 2.45) is 5.73 Å². The second-order valence-corrected chi connectivity index (χ2v) is 11.3. The predicted octanol–water partition coefficient (Wildman–Crippen LogP) is 1.41. The quantitative estimate of drug-likeness (QED) is 0.532. The van der Waals surface area contributed by atoms with E-state index in [-0.39, 0.29) is 22.9 Å². The molecule has 2 aliphatic carbocycles. The van der Waals surface area contributed by atoms with Gasteiger partial charge in [-0.1, -0.05) is 6.07 Å². The highest BCUT2D eigenvalue weighted by atomic mass is 32.2. The maximum absolute atomic E-state index is 13.2. The first-order chi connectivity index (χ1) is 15.9. The van der Waals surface area contributed by atoms with Crippen LogP contribution >= 0.6 is 0 Å². The van der Waals surface area contributed by atoms with Gasteiger partial charge >= 0.3 is 6.03 Å². The second kappa shape index (κ2) is 7.71. The summed E-state index contributed by atoms with van der Waals surface area (Å²) in [5.74, 6) is 0.290. The largest absolute Gasteiger partial charge is 0.475 e. The van der Waals surface area contributed by atoms with Crippen LogP contribution in [0.15, 0.2) is 17.2 Å².